The van der Waals surface area contributed by atoms with E-state index < -0.39 is 11.2 Å². The average Bonchev–Trinajstić information content (AvgIpc) is 2.91. The summed E-state index contributed by atoms with van der Waals surface area (Å²) < 4.78 is 1.42. The molecule has 1 aliphatic carbocycles. The van der Waals surface area contributed by atoms with Crippen LogP contribution in [0.15, 0.2) is 21.2 Å². The Morgan fingerprint density at radius 1 is 1.43 bits per heavy atom. The number of nitrogens with two attached hydrogens (primary N) is 1. The van der Waals surface area contributed by atoms with Crippen LogP contribution < -0.4 is 22.3 Å². The van der Waals surface area contributed by atoms with Gasteiger partial charge in [0.25, 0.3) is 5.56 Å². The lowest BCUT2D eigenvalue weighted by atomic mass is 10.1. The molecule has 0 saturated heterocycles. The van der Waals surface area contributed by atoms with Crippen molar-refractivity contribution in [3.8, 4) is 0 Å². The van der Waals surface area contributed by atoms with Crippen LogP contribution >= 0.6 is 0 Å². The molecule has 0 aromatic carbocycles. The molecule has 0 amide bonds. The maximum absolute atomic E-state index is 11.9. The summed E-state index contributed by atoms with van der Waals surface area (Å²) in [7, 11) is 0. The van der Waals surface area contributed by atoms with Gasteiger partial charge in [-0.3, -0.25) is 14.3 Å². The summed E-state index contributed by atoms with van der Waals surface area (Å²) in [5.41, 5.74) is 6.82. The molecule has 0 radical (unpaired) electrons. The molecule has 6 heteroatoms. The lowest BCUT2D eigenvalue weighted by Gasteiger charge is -2.15. The molecule has 0 saturated carbocycles. The summed E-state index contributed by atoms with van der Waals surface area (Å²) in [4.78, 5) is 26.0. The van der Waals surface area contributed by atoms with E-state index in [2.05, 4.69) is 16.4 Å². The fourth-order valence-electron chi connectivity index (χ4n) is 2.62. The van der Waals surface area contributed by atoms with Crippen molar-refractivity contribution in [1.82, 2.24) is 9.55 Å². The SMILES string of the molecule is CC(C)Cn1c(N)c(NCCC2=CCCC2)c(=O)[nH]c1=O. The minimum atomic E-state index is -0.449. The summed E-state index contributed by atoms with van der Waals surface area (Å²) >= 11 is 0. The first-order chi connectivity index (χ1) is 9.99. The molecule has 0 spiro atoms. The number of allylic oxidation sites excluding steroid dienone is 1. The molecule has 6 nitrogen and oxygen atoms in total. The largest absolute Gasteiger partial charge is 0.383 e. The van der Waals surface area contributed by atoms with Crippen molar-refractivity contribution < 1.29 is 0 Å². The molecule has 1 aromatic rings. The van der Waals surface area contributed by atoms with Crippen LogP contribution in [0.25, 0.3) is 0 Å². The van der Waals surface area contributed by atoms with Crippen molar-refractivity contribution in [1.29, 1.82) is 0 Å². The molecular weight excluding hydrogens is 268 g/mol. The average molecular weight is 292 g/mol. The Labute approximate surface area is 124 Å². The van der Waals surface area contributed by atoms with E-state index in [0.29, 0.717) is 18.8 Å². The van der Waals surface area contributed by atoms with E-state index in [-0.39, 0.29) is 11.7 Å². The molecule has 4 N–H and O–H groups in total. The highest BCUT2D eigenvalue weighted by molar-refractivity contribution is 5.60. The van der Waals surface area contributed by atoms with Gasteiger partial charge in [-0.05, 0) is 31.6 Å². The summed E-state index contributed by atoms with van der Waals surface area (Å²) in [6.07, 6.45) is 6.67. The van der Waals surface area contributed by atoms with E-state index in [1.54, 1.807) is 0 Å². The Morgan fingerprint density at radius 3 is 2.81 bits per heavy atom. The summed E-state index contributed by atoms with van der Waals surface area (Å²) in [6, 6.07) is 0. The second-order valence-electron chi connectivity index (χ2n) is 5.96. The van der Waals surface area contributed by atoms with E-state index in [9.17, 15) is 9.59 Å². The number of nitrogen functional groups attached to an aromatic ring is 1. The van der Waals surface area contributed by atoms with Gasteiger partial charge in [-0.2, -0.15) is 0 Å². The number of rotatable bonds is 6. The lowest BCUT2D eigenvalue weighted by Crippen LogP contribution is -2.35. The zero-order valence-corrected chi connectivity index (χ0v) is 12.7. The van der Waals surface area contributed by atoms with Crippen molar-refractivity contribution in [3.63, 3.8) is 0 Å². The van der Waals surface area contributed by atoms with Crippen molar-refractivity contribution in [2.24, 2.45) is 5.92 Å². The highest BCUT2D eigenvalue weighted by Gasteiger charge is 2.13. The van der Waals surface area contributed by atoms with E-state index in [1.165, 1.54) is 16.6 Å². The van der Waals surface area contributed by atoms with Crippen molar-refractivity contribution >= 4 is 11.5 Å². The Hall–Kier alpha value is -1.98. The van der Waals surface area contributed by atoms with E-state index in [4.69, 9.17) is 5.73 Å². The first-order valence-corrected chi connectivity index (χ1v) is 7.53. The monoisotopic (exact) mass is 292 g/mol. The maximum atomic E-state index is 11.9. The lowest BCUT2D eigenvalue weighted by molar-refractivity contribution is 0.508. The Bertz CT molecular complexity index is 640. The second kappa shape index (κ2) is 6.65. The number of hydrogen-bond acceptors (Lipinski definition) is 4. The number of H-pyrrole nitrogens is 1. The molecule has 0 atom stereocenters. The first-order valence-electron chi connectivity index (χ1n) is 7.53. The van der Waals surface area contributed by atoms with Crippen LogP contribution in [0.3, 0.4) is 0 Å². The molecule has 1 aliphatic rings. The predicted molar refractivity (Wildman–Crippen MR) is 85.6 cm³/mol. The third-order valence-corrected chi connectivity index (χ3v) is 3.67. The van der Waals surface area contributed by atoms with Gasteiger partial charge in [0.1, 0.15) is 11.5 Å². The molecule has 1 heterocycles. The molecule has 1 aromatic heterocycles. The van der Waals surface area contributed by atoms with Crippen LogP contribution in [-0.4, -0.2) is 16.1 Å². The topological polar surface area (TPSA) is 92.9 Å². The molecule has 0 fully saturated rings. The van der Waals surface area contributed by atoms with E-state index in [1.807, 2.05) is 13.8 Å². The summed E-state index contributed by atoms with van der Waals surface area (Å²) in [5.74, 6) is 0.491. The number of nitrogens with zero attached hydrogens (tertiary/aromatic N) is 1. The minimum absolute atomic E-state index is 0.220. The third-order valence-electron chi connectivity index (χ3n) is 3.67. The molecule has 21 heavy (non-hydrogen) atoms. The third kappa shape index (κ3) is 3.77. The molecule has 116 valence electrons. The zero-order chi connectivity index (χ0) is 15.4. The highest BCUT2D eigenvalue weighted by atomic mass is 16.2. The number of aromatic amines is 1. The van der Waals surface area contributed by atoms with Crippen LogP contribution in [0.1, 0.15) is 39.5 Å². The Kier molecular flexibility index (Phi) is 4.88. The van der Waals surface area contributed by atoms with Crippen molar-refractivity contribution in [2.45, 2.75) is 46.1 Å². The smallest absolute Gasteiger partial charge is 0.330 e. The van der Waals surface area contributed by atoms with Gasteiger partial charge in [-0.15, -0.1) is 0 Å². The van der Waals surface area contributed by atoms with Crippen molar-refractivity contribution in [3.05, 3.63) is 32.5 Å². The van der Waals surface area contributed by atoms with Gasteiger partial charge in [0.05, 0.1) is 0 Å². The van der Waals surface area contributed by atoms with Gasteiger partial charge in [-0.25, -0.2) is 4.79 Å². The standard InChI is InChI=1S/C15H24N4O2/c1-10(2)9-19-13(16)12(14(20)18-15(19)21)17-8-7-11-5-3-4-6-11/h5,10,17H,3-4,6-9,16H2,1-2H3,(H,18,20,21). The molecule has 0 bridgehead atoms. The second-order valence-corrected chi connectivity index (χ2v) is 5.96. The Morgan fingerprint density at radius 2 is 2.19 bits per heavy atom. The number of nitrogens with one attached hydrogen (secondary N) is 2. The summed E-state index contributed by atoms with van der Waals surface area (Å²) in [5, 5.41) is 3.08. The van der Waals surface area contributed by atoms with Crippen LogP contribution in [-0.2, 0) is 6.54 Å². The highest BCUT2D eigenvalue weighted by Crippen LogP contribution is 2.20. The quantitative estimate of drug-likeness (QED) is 0.696. The number of anilines is 2. The number of aromatic nitrogens is 2. The summed E-state index contributed by atoms with van der Waals surface area (Å²) in [6.45, 7) is 5.13. The molecule has 0 aliphatic heterocycles. The van der Waals surface area contributed by atoms with Crippen LogP contribution in [0.5, 0.6) is 0 Å². The molecular formula is C15H24N4O2. The normalized spacial score (nSPS) is 14.5. The molecule has 2 rings (SSSR count). The van der Waals surface area contributed by atoms with Gasteiger partial charge in [0, 0.05) is 13.1 Å². The Balaban J connectivity index is 2.14. The van der Waals surface area contributed by atoms with E-state index >= 15 is 0 Å². The number of hydrogen-bond donors (Lipinski definition) is 3. The van der Waals surface area contributed by atoms with Crippen LogP contribution in [0.4, 0.5) is 11.5 Å². The maximum Gasteiger partial charge on any atom is 0.330 e. The fourth-order valence-corrected chi connectivity index (χ4v) is 2.62. The minimum Gasteiger partial charge on any atom is -0.383 e. The fraction of sp³-hybridized carbons (Fsp3) is 0.600. The van der Waals surface area contributed by atoms with E-state index in [0.717, 1.165) is 19.3 Å². The first kappa shape index (κ1) is 15.4. The van der Waals surface area contributed by atoms with Crippen molar-refractivity contribution in [2.75, 3.05) is 17.6 Å². The van der Waals surface area contributed by atoms with Gasteiger partial charge >= 0.3 is 5.69 Å². The van der Waals surface area contributed by atoms with Crippen LogP contribution in [0.2, 0.25) is 0 Å². The zero-order valence-electron chi connectivity index (χ0n) is 12.7. The molecule has 0 unspecified atom stereocenters. The van der Waals surface area contributed by atoms with Crippen LogP contribution in [0, 0.1) is 5.92 Å². The van der Waals surface area contributed by atoms with Gasteiger partial charge in [-0.1, -0.05) is 25.5 Å². The van der Waals surface area contributed by atoms with Gasteiger partial charge in [0.15, 0.2) is 0 Å². The van der Waals surface area contributed by atoms with Gasteiger partial charge in [0.2, 0.25) is 0 Å². The van der Waals surface area contributed by atoms with Gasteiger partial charge < -0.3 is 11.1 Å². The predicted octanol–water partition coefficient (Wildman–Crippen LogP) is 1.69.